The third-order valence-electron chi connectivity index (χ3n) is 5.17. The molecule has 0 bridgehead atoms. The first-order valence-electron chi connectivity index (χ1n) is 11.6. The summed E-state index contributed by atoms with van der Waals surface area (Å²) in [6.45, 7) is 14.5. The summed E-state index contributed by atoms with van der Waals surface area (Å²) in [4.78, 5) is 24.5. The van der Waals surface area contributed by atoms with Gasteiger partial charge in [0.15, 0.2) is 0 Å². The van der Waals surface area contributed by atoms with Crippen LogP contribution in [0, 0.1) is 11.8 Å². The molecule has 2 aromatic rings. The Hall–Kier alpha value is -2.45. The monoisotopic (exact) mass is 491 g/mol. The number of ether oxygens (including phenoxy) is 2. The van der Waals surface area contributed by atoms with E-state index < -0.39 is 33.6 Å². The number of fused-ring (bicyclic) bond motifs is 1. The zero-order chi connectivity index (χ0) is 25.8. The van der Waals surface area contributed by atoms with E-state index in [4.69, 9.17) is 9.47 Å². The van der Waals surface area contributed by atoms with Crippen molar-refractivity contribution in [3.05, 3.63) is 36.4 Å². The molecule has 0 saturated heterocycles. The van der Waals surface area contributed by atoms with Gasteiger partial charge in [-0.1, -0.05) is 39.8 Å². The lowest BCUT2D eigenvalue weighted by Crippen LogP contribution is -2.50. The summed E-state index contributed by atoms with van der Waals surface area (Å²) in [6, 6.07) is 8.83. The second-order valence-electron chi connectivity index (χ2n) is 10.3. The number of sulfonamides is 1. The van der Waals surface area contributed by atoms with E-state index in [1.165, 1.54) is 17.3 Å². The van der Waals surface area contributed by atoms with Gasteiger partial charge in [-0.25, -0.2) is 8.42 Å². The van der Waals surface area contributed by atoms with Crippen LogP contribution >= 0.6 is 0 Å². The van der Waals surface area contributed by atoms with Gasteiger partial charge in [0.25, 0.3) is 0 Å². The van der Waals surface area contributed by atoms with Crippen LogP contribution in [0.5, 0.6) is 5.75 Å². The Morgan fingerprint density at radius 3 is 2.09 bits per heavy atom. The van der Waals surface area contributed by atoms with Crippen molar-refractivity contribution in [1.82, 2.24) is 4.31 Å². The summed E-state index contributed by atoms with van der Waals surface area (Å²) < 4.78 is 39.8. The third-order valence-corrected chi connectivity index (χ3v) is 7.04. The van der Waals surface area contributed by atoms with Crippen molar-refractivity contribution in [2.24, 2.45) is 11.8 Å². The minimum Gasteiger partial charge on any atom is -0.459 e. The summed E-state index contributed by atoms with van der Waals surface area (Å²) in [6.07, 6.45) is 0.602. The van der Waals surface area contributed by atoms with Crippen LogP contribution in [0.1, 0.15) is 61.8 Å². The van der Waals surface area contributed by atoms with Crippen LogP contribution < -0.4 is 4.74 Å². The fourth-order valence-corrected chi connectivity index (χ4v) is 5.37. The molecule has 188 valence electrons. The molecule has 0 aliphatic heterocycles. The zero-order valence-corrected chi connectivity index (χ0v) is 22.2. The average molecular weight is 492 g/mol. The van der Waals surface area contributed by atoms with Crippen molar-refractivity contribution >= 4 is 32.7 Å². The maximum absolute atomic E-state index is 13.9. The van der Waals surface area contributed by atoms with E-state index >= 15 is 0 Å². The van der Waals surface area contributed by atoms with Crippen LogP contribution in [0.2, 0.25) is 0 Å². The fraction of sp³-hybridized carbons (Fsp3) is 0.538. The molecule has 0 fully saturated rings. The number of nitrogens with zero attached hydrogens (tertiary/aromatic N) is 1. The highest BCUT2D eigenvalue weighted by Gasteiger charge is 2.40. The van der Waals surface area contributed by atoms with Crippen molar-refractivity contribution < 1.29 is 27.5 Å². The summed E-state index contributed by atoms with van der Waals surface area (Å²) in [7, 11) is -4.02. The highest BCUT2D eigenvalue weighted by atomic mass is 32.2. The summed E-state index contributed by atoms with van der Waals surface area (Å²) in [5, 5.41) is 1.41. The molecule has 0 spiro atoms. The van der Waals surface area contributed by atoms with Crippen molar-refractivity contribution in [1.29, 1.82) is 0 Å². The standard InChI is InChI=1S/C26H37NO6S/c1-17(2)13-14-27(24(18(3)4)25(29)33-26(6,7)8)34(30,31)23-12-10-20-15-22(32-19(5)28)11-9-21(20)16-23/h9-12,15-18,24H,13-14H2,1-8H3/t24-/m1/s1. The molecule has 1 atom stereocenters. The minimum atomic E-state index is -4.02. The Morgan fingerprint density at radius 2 is 1.56 bits per heavy atom. The predicted molar refractivity (Wildman–Crippen MR) is 133 cm³/mol. The second-order valence-corrected chi connectivity index (χ2v) is 12.2. The van der Waals surface area contributed by atoms with Crippen LogP contribution in [0.4, 0.5) is 0 Å². The van der Waals surface area contributed by atoms with Crippen molar-refractivity contribution in [3.63, 3.8) is 0 Å². The Morgan fingerprint density at radius 1 is 0.971 bits per heavy atom. The second kappa shape index (κ2) is 10.9. The Balaban J connectivity index is 2.54. The lowest BCUT2D eigenvalue weighted by Gasteiger charge is -2.34. The number of carbonyl (C=O) groups is 2. The van der Waals surface area contributed by atoms with E-state index in [0.29, 0.717) is 17.6 Å². The molecular weight excluding hydrogens is 454 g/mol. The molecule has 34 heavy (non-hydrogen) atoms. The van der Waals surface area contributed by atoms with E-state index in [1.54, 1.807) is 51.1 Å². The average Bonchev–Trinajstić information content (AvgIpc) is 2.67. The molecule has 0 heterocycles. The van der Waals surface area contributed by atoms with E-state index in [1.807, 2.05) is 27.7 Å². The van der Waals surface area contributed by atoms with Gasteiger partial charge >= 0.3 is 11.9 Å². The van der Waals surface area contributed by atoms with E-state index in [9.17, 15) is 18.0 Å². The number of hydrogen-bond donors (Lipinski definition) is 0. The quantitative estimate of drug-likeness (QED) is 0.355. The van der Waals surface area contributed by atoms with Gasteiger partial charge < -0.3 is 9.47 Å². The Labute approximate surface area is 203 Å². The summed E-state index contributed by atoms with van der Waals surface area (Å²) >= 11 is 0. The number of benzene rings is 2. The van der Waals surface area contributed by atoms with Crippen molar-refractivity contribution in [2.75, 3.05) is 6.54 Å². The van der Waals surface area contributed by atoms with Crippen LogP contribution in [0.3, 0.4) is 0 Å². The molecule has 0 aliphatic rings. The number of hydrogen-bond acceptors (Lipinski definition) is 6. The van der Waals surface area contributed by atoms with E-state index in [-0.39, 0.29) is 23.3 Å². The lowest BCUT2D eigenvalue weighted by atomic mass is 10.0. The number of esters is 2. The molecule has 0 radical (unpaired) electrons. The first-order chi connectivity index (χ1) is 15.6. The zero-order valence-electron chi connectivity index (χ0n) is 21.4. The number of carbonyl (C=O) groups excluding carboxylic acids is 2. The molecule has 0 saturated carbocycles. The van der Waals surface area contributed by atoms with Gasteiger partial charge in [0.05, 0.1) is 4.90 Å². The highest BCUT2D eigenvalue weighted by molar-refractivity contribution is 7.89. The van der Waals surface area contributed by atoms with Crippen LogP contribution in [0.25, 0.3) is 10.8 Å². The highest BCUT2D eigenvalue weighted by Crippen LogP contribution is 2.29. The summed E-state index contributed by atoms with van der Waals surface area (Å²) in [5.74, 6) is -0.634. The minimum absolute atomic E-state index is 0.0956. The molecule has 0 amide bonds. The van der Waals surface area contributed by atoms with Gasteiger partial charge in [-0.15, -0.1) is 0 Å². The maximum atomic E-state index is 13.9. The van der Waals surface area contributed by atoms with Crippen molar-refractivity contribution in [3.8, 4) is 5.75 Å². The summed E-state index contributed by atoms with van der Waals surface area (Å²) in [5.41, 5.74) is -0.736. The molecule has 0 N–H and O–H groups in total. The number of rotatable bonds is 9. The van der Waals surface area contributed by atoms with Gasteiger partial charge in [-0.05, 0) is 74.1 Å². The van der Waals surface area contributed by atoms with E-state index in [2.05, 4.69) is 0 Å². The molecule has 0 aromatic heterocycles. The topological polar surface area (TPSA) is 90.0 Å². The van der Waals surface area contributed by atoms with Crippen LogP contribution in [-0.2, 0) is 24.3 Å². The molecule has 7 nitrogen and oxygen atoms in total. The fourth-order valence-electron chi connectivity index (χ4n) is 3.61. The Bertz CT molecular complexity index is 1130. The first-order valence-corrected chi connectivity index (χ1v) is 13.0. The molecule has 2 aromatic carbocycles. The molecular formula is C26H37NO6S. The maximum Gasteiger partial charge on any atom is 0.325 e. The normalized spacial score (nSPS) is 13.5. The smallest absolute Gasteiger partial charge is 0.325 e. The molecule has 8 heteroatoms. The molecule has 0 aliphatic carbocycles. The van der Waals surface area contributed by atoms with Gasteiger partial charge in [-0.3, -0.25) is 9.59 Å². The van der Waals surface area contributed by atoms with Gasteiger partial charge in [0.1, 0.15) is 17.4 Å². The SMILES string of the molecule is CC(=O)Oc1ccc2cc(S(=O)(=O)N(CCC(C)C)[C@@H](C(=O)OC(C)(C)C)C(C)C)ccc2c1. The largest absolute Gasteiger partial charge is 0.459 e. The van der Waals surface area contributed by atoms with Gasteiger partial charge in [0.2, 0.25) is 10.0 Å². The Kier molecular flexibility index (Phi) is 8.88. The van der Waals surface area contributed by atoms with Gasteiger partial charge in [-0.2, -0.15) is 4.31 Å². The van der Waals surface area contributed by atoms with Gasteiger partial charge in [0, 0.05) is 13.5 Å². The molecule has 2 rings (SSSR count). The van der Waals surface area contributed by atoms with Crippen LogP contribution in [-0.4, -0.2) is 42.8 Å². The first kappa shape index (κ1) is 27.8. The predicted octanol–water partition coefficient (Wildman–Crippen LogP) is 5.17. The van der Waals surface area contributed by atoms with E-state index in [0.717, 1.165) is 5.39 Å². The lowest BCUT2D eigenvalue weighted by molar-refractivity contribution is -0.161. The van der Waals surface area contributed by atoms with Crippen LogP contribution in [0.15, 0.2) is 41.3 Å². The van der Waals surface area contributed by atoms with Crippen molar-refractivity contribution in [2.45, 2.75) is 78.3 Å². The molecule has 0 unspecified atom stereocenters. The third kappa shape index (κ3) is 7.27.